The summed E-state index contributed by atoms with van der Waals surface area (Å²) in [6, 6.07) is 7.32. The van der Waals surface area contributed by atoms with Gasteiger partial charge in [-0.05, 0) is 44.7 Å². The Bertz CT molecular complexity index is 511. The van der Waals surface area contributed by atoms with Gasteiger partial charge in [-0.25, -0.2) is 4.39 Å². The lowest BCUT2D eigenvalue weighted by Crippen LogP contribution is -2.51. The number of anilines is 1. The van der Waals surface area contributed by atoms with Gasteiger partial charge >= 0.3 is 0 Å². The number of hydrogen-bond acceptors (Lipinski definition) is 2. The summed E-state index contributed by atoms with van der Waals surface area (Å²) < 4.78 is 19.9. The van der Waals surface area contributed by atoms with Gasteiger partial charge in [-0.3, -0.25) is 4.79 Å². The zero-order valence-corrected chi connectivity index (χ0v) is 11.2. The van der Waals surface area contributed by atoms with E-state index in [1.54, 1.807) is 4.90 Å². The standard InChI is InChI=1S/C15H18FNO2/c1-15(2)9-17(14(18)13(16)10-7-8-10)11-5-3-4-6-12(11)19-15/h3-6,10,13H,7-9H2,1-2H3. The second kappa shape index (κ2) is 4.22. The van der Waals surface area contributed by atoms with Gasteiger partial charge in [-0.1, -0.05) is 12.1 Å². The Kier molecular flexibility index (Phi) is 2.77. The van der Waals surface area contributed by atoms with Crippen molar-refractivity contribution in [2.75, 3.05) is 11.4 Å². The van der Waals surface area contributed by atoms with Crippen molar-refractivity contribution in [3.63, 3.8) is 0 Å². The van der Waals surface area contributed by atoms with Crippen LogP contribution in [0.2, 0.25) is 0 Å². The number of ether oxygens (including phenoxy) is 1. The van der Waals surface area contributed by atoms with E-state index >= 15 is 0 Å². The Morgan fingerprint density at radius 1 is 1.42 bits per heavy atom. The first-order valence-corrected chi connectivity index (χ1v) is 6.71. The summed E-state index contributed by atoms with van der Waals surface area (Å²) in [5, 5.41) is 0. The van der Waals surface area contributed by atoms with Gasteiger partial charge in [0.05, 0.1) is 12.2 Å². The molecule has 1 saturated carbocycles. The molecule has 1 fully saturated rings. The second-order valence-corrected chi connectivity index (χ2v) is 5.99. The van der Waals surface area contributed by atoms with Gasteiger partial charge in [0.15, 0.2) is 6.17 Å². The Hall–Kier alpha value is -1.58. The van der Waals surface area contributed by atoms with Gasteiger partial charge in [-0.15, -0.1) is 0 Å². The fourth-order valence-corrected chi connectivity index (χ4v) is 2.50. The predicted molar refractivity (Wildman–Crippen MR) is 71.1 cm³/mol. The molecule has 19 heavy (non-hydrogen) atoms. The molecule has 0 N–H and O–H groups in total. The van der Waals surface area contributed by atoms with Crippen LogP contribution < -0.4 is 9.64 Å². The Balaban J connectivity index is 1.93. The minimum absolute atomic E-state index is 0.0781. The van der Waals surface area contributed by atoms with Crippen molar-refractivity contribution >= 4 is 11.6 Å². The molecule has 1 heterocycles. The Labute approximate surface area is 112 Å². The lowest BCUT2D eigenvalue weighted by atomic mass is 10.0. The SMILES string of the molecule is CC1(C)CN(C(=O)C(F)C2CC2)c2ccccc2O1. The first-order valence-electron chi connectivity index (χ1n) is 6.71. The van der Waals surface area contributed by atoms with E-state index in [9.17, 15) is 9.18 Å². The molecule has 0 radical (unpaired) electrons. The maximum Gasteiger partial charge on any atom is 0.262 e. The molecule has 0 aromatic heterocycles. The Morgan fingerprint density at radius 2 is 2.11 bits per heavy atom. The molecular formula is C15H18FNO2. The van der Waals surface area contributed by atoms with Gasteiger partial charge in [-0.2, -0.15) is 0 Å². The summed E-state index contributed by atoms with van der Waals surface area (Å²) in [5.41, 5.74) is 0.183. The van der Waals surface area contributed by atoms with Crippen molar-refractivity contribution in [3.05, 3.63) is 24.3 Å². The van der Waals surface area contributed by atoms with Crippen LogP contribution in [0.15, 0.2) is 24.3 Å². The third kappa shape index (κ3) is 2.31. The van der Waals surface area contributed by atoms with Gasteiger partial charge < -0.3 is 9.64 Å². The minimum Gasteiger partial charge on any atom is -0.484 e. The van der Waals surface area contributed by atoms with Crippen LogP contribution in [0.1, 0.15) is 26.7 Å². The number of para-hydroxylation sites is 2. The fourth-order valence-electron chi connectivity index (χ4n) is 2.50. The fraction of sp³-hybridized carbons (Fsp3) is 0.533. The van der Waals surface area contributed by atoms with E-state index in [0.29, 0.717) is 18.0 Å². The molecule has 0 saturated heterocycles. The first kappa shape index (κ1) is 12.5. The van der Waals surface area contributed by atoms with E-state index in [-0.39, 0.29) is 5.92 Å². The van der Waals surface area contributed by atoms with Crippen LogP contribution in [0.3, 0.4) is 0 Å². The molecule has 1 aromatic carbocycles. The summed E-state index contributed by atoms with van der Waals surface area (Å²) in [4.78, 5) is 13.9. The van der Waals surface area contributed by atoms with Crippen LogP contribution in [-0.2, 0) is 4.79 Å². The Morgan fingerprint density at radius 3 is 2.79 bits per heavy atom. The summed E-state index contributed by atoms with van der Waals surface area (Å²) in [5.74, 6) is 0.145. The molecule has 0 spiro atoms. The molecule has 1 atom stereocenters. The molecular weight excluding hydrogens is 245 g/mol. The number of fused-ring (bicyclic) bond motifs is 1. The zero-order chi connectivity index (χ0) is 13.6. The van der Waals surface area contributed by atoms with Gasteiger partial charge in [0.2, 0.25) is 0 Å². The third-order valence-electron chi connectivity index (χ3n) is 3.62. The second-order valence-electron chi connectivity index (χ2n) is 5.99. The van der Waals surface area contributed by atoms with Crippen LogP contribution >= 0.6 is 0 Å². The lowest BCUT2D eigenvalue weighted by Gasteiger charge is -2.40. The maximum absolute atomic E-state index is 14.1. The number of halogens is 1. The van der Waals surface area contributed by atoms with Crippen LogP contribution in [0.25, 0.3) is 0 Å². The number of carbonyl (C=O) groups excluding carboxylic acids is 1. The van der Waals surface area contributed by atoms with Crippen molar-refractivity contribution in [2.45, 2.75) is 38.5 Å². The number of benzene rings is 1. The normalized spacial score (nSPS) is 22.4. The zero-order valence-electron chi connectivity index (χ0n) is 11.2. The summed E-state index contributed by atoms with van der Waals surface area (Å²) >= 11 is 0. The monoisotopic (exact) mass is 263 g/mol. The van der Waals surface area contributed by atoms with Gasteiger partial charge in [0.1, 0.15) is 11.4 Å². The highest BCUT2D eigenvalue weighted by molar-refractivity contribution is 5.98. The number of carbonyl (C=O) groups is 1. The van der Waals surface area contributed by atoms with Crippen LogP contribution in [0, 0.1) is 5.92 Å². The molecule has 4 heteroatoms. The average Bonchev–Trinajstić information content (AvgIpc) is 3.19. The van der Waals surface area contributed by atoms with Crippen molar-refractivity contribution < 1.29 is 13.9 Å². The first-order chi connectivity index (χ1) is 8.98. The van der Waals surface area contributed by atoms with Crippen molar-refractivity contribution in [1.82, 2.24) is 0 Å². The molecule has 0 bridgehead atoms. The summed E-state index contributed by atoms with van der Waals surface area (Å²) in [6.07, 6.45) is 0.270. The van der Waals surface area contributed by atoms with E-state index in [4.69, 9.17) is 4.74 Å². The van der Waals surface area contributed by atoms with E-state index in [0.717, 1.165) is 12.8 Å². The van der Waals surface area contributed by atoms with E-state index in [1.165, 1.54) is 0 Å². The molecule has 1 amide bonds. The van der Waals surface area contributed by atoms with Crippen LogP contribution in [0.4, 0.5) is 10.1 Å². The topological polar surface area (TPSA) is 29.5 Å². The third-order valence-corrected chi connectivity index (χ3v) is 3.62. The predicted octanol–water partition coefficient (Wildman–Crippen LogP) is 2.94. The van der Waals surface area contributed by atoms with Crippen molar-refractivity contribution in [2.24, 2.45) is 5.92 Å². The minimum atomic E-state index is -1.37. The van der Waals surface area contributed by atoms with Crippen LogP contribution in [0.5, 0.6) is 5.75 Å². The molecule has 3 rings (SSSR count). The largest absolute Gasteiger partial charge is 0.484 e. The van der Waals surface area contributed by atoms with Crippen LogP contribution in [-0.4, -0.2) is 24.2 Å². The maximum atomic E-state index is 14.1. The van der Waals surface area contributed by atoms with E-state index in [2.05, 4.69) is 0 Å². The number of hydrogen-bond donors (Lipinski definition) is 0. The summed E-state index contributed by atoms with van der Waals surface area (Å²) in [6.45, 7) is 4.21. The molecule has 102 valence electrons. The van der Waals surface area contributed by atoms with E-state index < -0.39 is 17.7 Å². The molecule has 1 unspecified atom stereocenters. The molecule has 1 aromatic rings. The highest BCUT2D eigenvalue weighted by Crippen LogP contribution is 2.40. The molecule has 3 nitrogen and oxygen atoms in total. The molecule has 1 aliphatic carbocycles. The molecule has 2 aliphatic rings. The lowest BCUT2D eigenvalue weighted by molar-refractivity contribution is -0.125. The van der Waals surface area contributed by atoms with Gasteiger partial charge in [0, 0.05) is 0 Å². The number of alkyl halides is 1. The number of rotatable bonds is 2. The molecule has 1 aliphatic heterocycles. The van der Waals surface area contributed by atoms with Crippen molar-refractivity contribution in [3.8, 4) is 5.75 Å². The van der Waals surface area contributed by atoms with Gasteiger partial charge in [0.25, 0.3) is 5.91 Å². The smallest absolute Gasteiger partial charge is 0.262 e. The highest BCUT2D eigenvalue weighted by Gasteiger charge is 2.42. The highest BCUT2D eigenvalue weighted by atomic mass is 19.1. The quantitative estimate of drug-likeness (QED) is 0.821. The van der Waals surface area contributed by atoms with E-state index in [1.807, 2.05) is 38.1 Å². The number of nitrogens with zero attached hydrogens (tertiary/aromatic N) is 1. The average molecular weight is 263 g/mol. The van der Waals surface area contributed by atoms with Crippen molar-refractivity contribution in [1.29, 1.82) is 0 Å². The summed E-state index contributed by atoms with van der Waals surface area (Å²) in [7, 11) is 0. The number of amides is 1.